The van der Waals surface area contributed by atoms with Crippen LogP contribution in [0.4, 0.5) is 14.4 Å². The van der Waals surface area contributed by atoms with E-state index >= 15 is 0 Å². The molecule has 0 aliphatic heterocycles. The van der Waals surface area contributed by atoms with E-state index in [1.165, 1.54) is 0 Å². The molecule has 0 saturated carbocycles. The number of benzene rings is 1. The van der Waals surface area contributed by atoms with Crippen LogP contribution in [0.5, 0.6) is 0 Å². The molecule has 0 saturated heterocycles. The summed E-state index contributed by atoms with van der Waals surface area (Å²) in [4.78, 5) is 28.8. The number of hydrogen-bond acceptors (Lipinski definition) is 5. The summed E-state index contributed by atoms with van der Waals surface area (Å²) in [6, 6.07) is 12.0. The van der Waals surface area contributed by atoms with Crippen LogP contribution in [0, 0.1) is 0 Å². The molecule has 0 aliphatic carbocycles. The van der Waals surface area contributed by atoms with Crippen LogP contribution in [0.1, 0.15) is 0 Å². The Morgan fingerprint density at radius 2 is 0.941 bits per heavy atom. The summed E-state index contributed by atoms with van der Waals surface area (Å²) in [5.41, 5.74) is 0. The predicted molar refractivity (Wildman–Crippen MR) is 50.1 cm³/mol. The molecule has 7 nitrogen and oxygen atoms in total. The minimum Gasteiger partial charge on any atom is -0.449 e. The van der Waals surface area contributed by atoms with Gasteiger partial charge in [-0.05, 0) is 0 Å². The first-order valence-corrected chi connectivity index (χ1v) is 3.88. The molecule has 0 radical (unpaired) electrons. The van der Waals surface area contributed by atoms with Crippen molar-refractivity contribution in [2.45, 2.75) is 0 Å². The van der Waals surface area contributed by atoms with Gasteiger partial charge in [0.25, 0.3) is 0 Å². The number of carbonyl (C=O) groups is 3. The van der Waals surface area contributed by atoms with E-state index in [9.17, 15) is 14.4 Å². The molecule has 92 valence electrons. The average molecular weight is 280 g/mol. The Morgan fingerprint density at radius 1 is 0.706 bits per heavy atom. The van der Waals surface area contributed by atoms with Gasteiger partial charge in [0, 0.05) is 17.4 Å². The molecule has 0 atom stereocenters. The average Bonchev–Trinajstić information content (AvgIpc) is 2.18. The van der Waals surface area contributed by atoms with Crippen LogP contribution < -0.4 is 0 Å². The summed E-state index contributed by atoms with van der Waals surface area (Å²) >= 11 is 0. The van der Waals surface area contributed by atoms with Crippen LogP contribution in [0.2, 0.25) is 0 Å². The van der Waals surface area contributed by atoms with Crippen LogP contribution in [0.15, 0.2) is 36.4 Å². The Hall–Kier alpha value is -2.04. The molecular formula is C9H8CrO7. The largest absolute Gasteiger partial charge is 0.528 e. The zero-order valence-corrected chi connectivity index (χ0v) is 9.58. The first kappa shape index (κ1) is 17.4. The fourth-order valence-corrected chi connectivity index (χ4v) is 0.548. The molecule has 0 heterocycles. The molecule has 2 N–H and O–H groups in total. The monoisotopic (exact) mass is 280 g/mol. The molecule has 0 spiro atoms. The van der Waals surface area contributed by atoms with Gasteiger partial charge in [-0.3, -0.25) is 0 Å². The second kappa shape index (κ2) is 10.5. The summed E-state index contributed by atoms with van der Waals surface area (Å²) in [6.07, 6.45) is -5.64. The Morgan fingerprint density at radius 3 is 1.12 bits per heavy atom. The fourth-order valence-electron chi connectivity index (χ4n) is 0.548. The number of ether oxygens (including phenoxy) is 2. The maximum atomic E-state index is 9.86. The van der Waals surface area contributed by atoms with Gasteiger partial charge in [0.15, 0.2) is 0 Å². The van der Waals surface area contributed by atoms with Crippen molar-refractivity contribution in [2.24, 2.45) is 0 Å². The normalized spacial score (nSPS) is 7.53. The van der Waals surface area contributed by atoms with Gasteiger partial charge in [-0.15, -0.1) is 0 Å². The zero-order chi connectivity index (χ0) is 12.4. The number of carboxylic acid groups (broad SMARTS) is 2. The molecule has 0 aliphatic rings. The van der Waals surface area contributed by atoms with Crippen molar-refractivity contribution in [1.82, 2.24) is 0 Å². The van der Waals surface area contributed by atoms with Crippen molar-refractivity contribution in [2.75, 3.05) is 0 Å². The van der Waals surface area contributed by atoms with E-state index in [1.807, 2.05) is 36.4 Å². The predicted octanol–water partition coefficient (Wildman–Crippen LogP) is 2.18. The van der Waals surface area contributed by atoms with E-state index in [2.05, 4.69) is 9.47 Å². The molecule has 1 aromatic rings. The number of hydrogen-bond donors (Lipinski definition) is 2. The molecular weight excluding hydrogens is 272 g/mol. The Balaban J connectivity index is 0. The van der Waals surface area contributed by atoms with Gasteiger partial charge in [0.2, 0.25) is 0 Å². The smallest absolute Gasteiger partial charge is 0.449 e. The molecule has 0 amide bonds. The minimum atomic E-state index is -1.92. The van der Waals surface area contributed by atoms with E-state index in [4.69, 9.17) is 10.2 Å². The molecule has 17 heavy (non-hydrogen) atoms. The van der Waals surface area contributed by atoms with Crippen LogP contribution in [0.3, 0.4) is 0 Å². The van der Waals surface area contributed by atoms with Crippen LogP contribution in [0.25, 0.3) is 0 Å². The molecule has 0 bridgehead atoms. The molecule has 8 heteroatoms. The number of carbonyl (C=O) groups excluding carboxylic acids is 1. The standard InChI is InChI=1S/C6H6.C3H2O7.Cr/c1-2-4-6-5-3-1;4-1(5)9-3(8)10-2(6)7;/h1-6H;(H,4,5)(H,6,7);. The summed E-state index contributed by atoms with van der Waals surface area (Å²) in [5.74, 6) is 0. The third-order valence-electron chi connectivity index (χ3n) is 1.01. The topological polar surface area (TPSA) is 110 Å². The quantitative estimate of drug-likeness (QED) is 0.553. The fraction of sp³-hybridized carbons (Fsp3) is 0. The summed E-state index contributed by atoms with van der Waals surface area (Å²) < 4.78 is 6.47. The van der Waals surface area contributed by atoms with Gasteiger partial charge in [0.1, 0.15) is 0 Å². The van der Waals surface area contributed by atoms with Crippen LogP contribution in [-0.2, 0) is 26.8 Å². The van der Waals surface area contributed by atoms with Gasteiger partial charge in [-0.25, -0.2) is 14.4 Å². The van der Waals surface area contributed by atoms with Crippen molar-refractivity contribution < 1.29 is 51.4 Å². The number of rotatable bonds is 0. The van der Waals surface area contributed by atoms with E-state index in [-0.39, 0.29) is 17.4 Å². The molecule has 1 aromatic carbocycles. The SMILES string of the molecule is O=C(O)OC(=O)OC(=O)O.[Cr].c1ccccc1. The van der Waals surface area contributed by atoms with Gasteiger partial charge in [0.05, 0.1) is 0 Å². The minimum absolute atomic E-state index is 0. The van der Waals surface area contributed by atoms with Crippen molar-refractivity contribution in [3.8, 4) is 0 Å². The van der Waals surface area contributed by atoms with Gasteiger partial charge in [-0.1, -0.05) is 36.4 Å². The second-order valence-corrected chi connectivity index (χ2v) is 2.14. The van der Waals surface area contributed by atoms with Crippen molar-refractivity contribution in [3.63, 3.8) is 0 Å². The van der Waals surface area contributed by atoms with Gasteiger partial charge < -0.3 is 19.7 Å². The summed E-state index contributed by atoms with van der Waals surface area (Å²) in [5, 5.41) is 15.4. The maximum absolute atomic E-state index is 9.86. The van der Waals surface area contributed by atoms with Crippen molar-refractivity contribution in [3.05, 3.63) is 36.4 Å². The maximum Gasteiger partial charge on any atom is 0.528 e. The Bertz CT molecular complexity index is 307. The van der Waals surface area contributed by atoms with Gasteiger partial charge in [-0.2, -0.15) is 0 Å². The van der Waals surface area contributed by atoms with Crippen LogP contribution >= 0.6 is 0 Å². The Labute approximate surface area is 107 Å². The third kappa shape index (κ3) is 14.0. The molecule has 0 fully saturated rings. The molecule has 0 aromatic heterocycles. The van der Waals surface area contributed by atoms with Crippen LogP contribution in [-0.4, -0.2) is 28.7 Å². The second-order valence-electron chi connectivity index (χ2n) is 2.14. The first-order chi connectivity index (χ1) is 7.52. The van der Waals surface area contributed by atoms with Crippen molar-refractivity contribution in [1.29, 1.82) is 0 Å². The van der Waals surface area contributed by atoms with E-state index in [0.29, 0.717) is 0 Å². The first-order valence-electron chi connectivity index (χ1n) is 3.88. The molecule has 1 rings (SSSR count). The van der Waals surface area contributed by atoms with Gasteiger partial charge >= 0.3 is 18.5 Å². The van der Waals surface area contributed by atoms with E-state index < -0.39 is 18.5 Å². The Kier molecular flexibility index (Phi) is 10.7. The summed E-state index contributed by atoms with van der Waals surface area (Å²) in [7, 11) is 0. The van der Waals surface area contributed by atoms with E-state index in [1.54, 1.807) is 0 Å². The molecule has 0 unspecified atom stereocenters. The van der Waals surface area contributed by atoms with E-state index in [0.717, 1.165) is 0 Å². The van der Waals surface area contributed by atoms with Crippen molar-refractivity contribution >= 4 is 18.5 Å². The zero-order valence-electron chi connectivity index (χ0n) is 8.31. The summed E-state index contributed by atoms with van der Waals surface area (Å²) in [6.45, 7) is 0. The third-order valence-corrected chi connectivity index (χ3v) is 1.01.